The summed E-state index contributed by atoms with van der Waals surface area (Å²) < 4.78 is 29.6. The van der Waals surface area contributed by atoms with Gasteiger partial charge in [-0.15, -0.1) is 12.8 Å². The Labute approximate surface area is 223 Å². The molecule has 6 nitrogen and oxygen atoms in total. The van der Waals surface area contributed by atoms with Crippen molar-refractivity contribution in [3.8, 4) is 12.8 Å². The first-order valence-electron chi connectivity index (χ1n) is 11.6. The molecule has 1 aromatic carbocycles. The number of benzene rings is 1. The number of hydrogen-bond donors (Lipinski definition) is 2. The molecule has 0 atom stereocenters. The zero-order chi connectivity index (χ0) is 28.4. The first kappa shape index (κ1) is 29.5. The number of H-pyrrole nitrogens is 1. The molecule has 0 unspecified atom stereocenters. The van der Waals surface area contributed by atoms with Gasteiger partial charge >= 0.3 is 0 Å². The number of aliphatic imine (C=N–C) groups is 1. The molecule has 0 bridgehead atoms. The number of anilines is 1. The number of imidazole rings is 1. The van der Waals surface area contributed by atoms with Crippen LogP contribution in [-0.2, 0) is 6.42 Å². The summed E-state index contributed by atoms with van der Waals surface area (Å²) in [7, 11) is 3.76. The van der Waals surface area contributed by atoms with E-state index in [9.17, 15) is 4.39 Å². The normalized spacial score (nSPS) is 11.9. The molecule has 0 aliphatic heterocycles. The van der Waals surface area contributed by atoms with Gasteiger partial charge in [-0.2, -0.15) is 0 Å². The molecule has 0 fully saturated rings. The Morgan fingerprint density at radius 2 is 1.92 bits per heavy atom. The number of nitrogens with two attached hydrogens (primary N) is 1. The lowest BCUT2D eigenvalue weighted by atomic mass is 10.0. The van der Waals surface area contributed by atoms with Crippen molar-refractivity contribution in [2.75, 3.05) is 19.8 Å². The zero-order valence-electron chi connectivity index (χ0n) is 22.1. The maximum atomic E-state index is 15.7. The van der Waals surface area contributed by atoms with Gasteiger partial charge in [0.05, 0.1) is 17.6 Å². The molecule has 3 rings (SSSR count). The van der Waals surface area contributed by atoms with Crippen molar-refractivity contribution in [2.45, 2.75) is 20.3 Å². The van der Waals surface area contributed by atoms with Crippen LogP contribution in [0, 0.1) is 31.4 Å². The Morgan fingerprint density at radius 3 is 2.50 bits per heavy atom. The van der Waals surface area contributed by atoms with E-state index in [-0.39, 0.29) is 29.2 Å². The van der Waals surface area contributed by atoms with Gasteiger partial charge in [0, 0.05) is 54.8 Å². The largest absolute Gasteiger partial charge is 0.397 e. The van der Waals surface area contributed by atoms with Gasteiger partial charge in [0.2, 0.25) is 0 Å². The molecule has 3 N–H and O–H groups in total. The molecule has 0 aliphatic carbocycles. The maximum absolute atomic E-state index is 15.7. The molecule has 0 saturated heterocycles. The highest BCUT2D eigenvalue weighted by atomic mass is 19.1. The molecular formula is C30H32F2N6. The van der Waals surface area contributed by atoms with E-state index >= 15 is 4.39 Å². The van der Waals surface area contributed by atoms with Gasteiger partial charge in [-0.3, -0.25) is 9.98 Å². The van der Waals surface area contributed by atoms with Gasteiger partial charge in [-0.05, 0) is 38.1 Å². The molecule has 0 amide bonds. The third kappa shape index (κ3) is 6.71. The van der Waals surface area contributed by atoms with Crippen molar-refractivity contribution < 1.29 is 8.78 Å². The fourth-order valence-electron chi connectivity index (χ4n) is 3.74. The number of pyridine rings is 1. The number of halogens is 2. The van der Waals surface area contributed by atoms with Gasteiger partial charge in [-0.25, -0.2) is 13.8 Å². The lowest BCUT2D eigenvalue weighted by Gasteiger charge is -2.15. The monoisotopic (exact) mass is 514 g/mol. The van der Waals surface area contributed by atoms with Crippen LogP contribution in [0.5, 0.6) is 0 Å². The number of rotatable bonds is 9. The van der Waals surface area contributed by atoms with Crippen molar-refractivity contribution in [3.63, 3.8) is 0 Å². The highest BCUT2D eigenvalue weighted by molar-refractivity contribution is 6.12. The fourth-order valence-corrected chi connectivity index (χ4v) is 3.74. The van der Waals surface area contributed by atoms with E-state index in [2.05, 4.69) is 45.9 Å². The number of likely N-dealkylation sites (N-methyl/N-ethyl adjacent to an activating group) is 1. The second kappa shape index (κ2) is 13.5. The summed E-state index contributed by atoms with van der Waals surface area (Å²) in [6.07, 6.45) is 16.2. The first-order valence-corrected chi connectivity index (χ1v) is 11.6. The number of nitrogens with zero attached hydrogens (tertiary/aromatic N) is 4. The van der Waals surface area contributed by atoms with Gasteiger partial charge in [-0.1, -0.05) is 31.4 Å². The summed E-state index contributed by atoms with van der Waals surface area (Å²) >= 11 is 0. The molecule has 8 heteroatoms. The van der Waals surface area contributed by atoms with E-state index in [1.807, 2.05) is 38.9 Å². The molecule has 38 heavy (non-hydrogen) atoms. The van der Waals surface area contributed by atoms with E-state index in [1.54, 1.807) is 24.3 Å². The van der Waals surface area contributed by atoms with Crippen molar-refractivity contribution in [3.05, 3.63) is 119 Å². The van der Waals surface area contributed by atoms with Gasteiger partial charge < -0.3 is 15.6 Å². The molecule has 0 spiro atoms. The number of aryl methyl sites for hydroxylation is 1. The molecule has 2 heterocycles. The zero-order valence-corrected chi connectivity index (χ0v) is 22.1. The lowest BCUT2D eigenvalue weighted by molar-refractivity contribution is 0.530. The smallest absolute Gasteiger partial charge is 0.155 e. The van der Waals surface area contributed by atoms with Crippen LogP contribution >= 0.6 is 0 Å². The summed E-state index contributed by atoms with van der Waals surface area (Å²) in [5.41, 5.74) is 10.4. The number of aromatic amines is 1. The minimum absolute atomic E-state index is 0.0985. The lowest BCUT2D eigenvalue weighted by Crippen LogP contribution is -2.10. The Balaban J connectivity index is 0.00000247. The number of aromatic nitrogens is 3. The quantitative estimate of drug-likeness (QED) is 0.214. The van der Waals surface area contributed by atoms with E-state index in [0.717, 1.165) is 5.70 Å². The van der Waals surface area contributed by atoms with Crippen LogP contribution in [0.3, 0.4) is 0 Å². The van der Waals surface area contributed by atoms with Crippen LogP contribution in [0.1, 0.15) is 41.0 Å². The topological polar surface area (TPSA) is 83.2 Å². The number of hydrogen-bond acceptors (Lipinski definition) is 5. The van der Waals surface area contributed by atoms with Crippen LogP contribution in [0.25, 0.3) is 5.57 Å². The molecule has 196 valence electrons. The average Bonchev–Trinajstić information content (AvgIpc) is 3.26. The third-order valence-corrected chi connectivity index (χ3v) is 5.59. The second-order valence-electron chi connectivity index (χ2n) is 8.27. The summed E-state index contributed by atoms with van der Waals surface area (Å²) in [4.78, 5) is 18.3. The standard InChI is InChI=1S/C28H30F2N6.C2H2/c1-7-18(14-21(8-2)36(5)6)27-25(30)22(23(31)16-33-27)15-24-34-17(4)26(35-24)28(32-9-3)19-11-10-12-20(29)13-19;1-2/h7-14,16H,2-3,15,31H2,1,4-6H3,(H,34,35);1-2H/b18-7+,21-14+,32-28?;. The SMILES string of the molecule is C#C.C=CN=C(c1cccc(F)c1)c1nc(Cc2c(N)cnc(C(=C/C)/C=C(\C=C)N(C)C)c2F)[nH]c1C. The minimum Gasteiger partial charge on any atom is -0.397 e. The number of nitrogens with one attached hydrogen (secondary N) is 1. The van der Waals surface area contributed by atoms with E-state index in [0.29, 0.717) is 34.1 Å². The molecule has 0 saturated carbocycles. The van der Waals surface area contributed by atoms with E-state index in [1.165, 1.54) is 24.5 Å². The predicted molar refractivity (Wildman–Crippen MR) is 152 cm³/mol. The fraction of sp³-hybridized carbons (Fsp3) is 0.167. The molecular weight excluding hydrogens is 482 g/mol. The van der Waals surface area contributed by atoms with Crippen LogP contribution in [0.2, 0.25) is 0 Å². The second-order valence-corrected chi connectivity index (χ2v) is 8.27. The number of terminal acetylenes is 1. The Morgan fingerprint density at radius 1 is 1.21 bits per heavy atom. The van der Waals surface area contributed by atoms with Crippen LogP contribution in [0.15, 0.2) is 78.7 Å². The highest BCUT2D eigenvalue weighted by Gasteiger charge is 2.20. The Bertz CT molecular complexity index is 1420. The number of nitrogen functional groups attached to an aromatic ring is 1. The van der Waals surface area contributed by atoms with Crippen LogP contribution in [0.4, 0.5) is 14.5 Å². The van der Waals surface area contributed by atoms with Gasteiger partial charge in [0.25, 0.3) is 0 Å². The van der Waals surface area contributed by atoms with Crippen molar-refractivity contribution >= 4 is 17.0 Å². The molecule has 0 aliphatic rings. The first-order chi connectivity index (χ1) is 18.2. The highest BCUT2D eigenvalue weighted by Crippen LogP contribution is 2.27. The van der Waals surface area contributed by atoms with Crippen molar-refractivity contribution in [2.24, 2.45) is 4.99 Å². The summed E-state index contributed by atoms with van der Waals surface area (Å²) in [5.74, 6) is -0.433. The average molecular weight is 515 g/mol. The molecule has 2 aromatic heterocycles. The Hall–Kier alpha value is -4.77. The van der Waals surface area contributed by atoms with Crippen molar-refractivity contribution in [1.29, 1.82) is 0 Å². The summed E-state index contributed by atoms with van der Waals surface area (Å²) in [6, 6.07) is 6.07. The minimum atomic E-state index is -0.526. The third-order valence-electron chi connectivity index (χ3n) is 5.59. The maximum Gasteiger partial charge on any atom is 0.155 e. The predicted octanol–water partition coefficient (Wildman–Crippen LogP) is 5.83. The van der Waals surface area contributed by atoms with Gasteiger partial charge in [0.1, 0.15) is 23.0 Å². The summed E-state index contributed by atoms with van der Waals surface area (Å²) in [5, 5.41) is 0. The van der Waals surface area contributed by atoms with Crippen molar-refractivity contribution in [1.82, 2.24) is 19.9 Å². The van der Waals surface area contributed by atoms with E-state index < -0.39 is 5.82 Å². The molecule has 0 radical (unpaired) electrons. The summed E-state index contributed by atoms with van der Waals surface area (Å²) in [6.45, 7) is 11.1. The molecule has 3 aromatic rings. The number of allylic oxidation sites excluding steroid dienone is 4. The van der Waals surface area contributed by atoms with E-state index in [4.69, 9.17) is 5.73 Å². The van der Waals surface area contributed by atoms with Crippen LogP contribution < -0.4 is 5.73 Å². The van der Waals surface area contributed by atoms with Crippen LogP contribution in [-0.4, -0.2) is 39.7 Å². The van der Waals surface area contributed by atoms with Gasteiger partial charge in [0.15, 0.2) is 5.82 Å². The Kier molecular flexibility index (Phi) is 10.5.